The highest BCUT2D eigenvalue weighted by atomic mass is 19.1. The van der Waals surface area contributed by atoms with Crippen LogP contribution in [0.4, 0.5) is 4.39 Å². The van der Waals surface area contributed by atoms with E-state index in [-0.39, 0.29) is 37.4 Å². The Morgan fingerprint density at radius 1 is 1.45 bits per heavy atom. The third kappa shape index (κ3) is 6.52. The van der Waals surface area contributed by atoms with Crippen molar-refractivity contribution >= 4 is 5.91 Å². The number of ether oxygens (including phenoxy) is 1. The topological polar surface area (TPSA) is 58.6 Å². The third-order valence-electron chi connectivity index (χ3n) is 2.74. The number of amides is 1. The number of carbonyl (C=O) groups is 1. The quantitative estimate of drug-likeness (QED) is 0.768. The smallest absolute Gasteiger partial charge is 0.223 e. The average Bonchev–Trinajstić information content (AvgIpc) is 2.37. The summed E-state index contributed by atoms with van der Waals surface area (Å²) in [6.07, 6.45) is 0.901. The number of aliphatic hydroxyl groups excluding tert-OH is 1. The van der Waals surface area contributed by atoms with Crippen molar-refractivity contribution in [2.75, 3.05) is 13.2 Å². The zero-order valence-electron chi connectivity index (χ0n) is 11.9. The Morgan fingerprint density at radius 3 is 2.80 bits per heavy atom. The van der Waals surface area contributed by atoms with E-state index in [0.29, 0.717) is 11.7 Å². The van der Waals surface area contributed by atoms with Crippen molar-refractivity contribution in [3.05, 3.63) is 30.1 Å². The Morgan fingerprint density at radius 2 is 2.20 bits per heavy atom. The van der Waals surface area contributed by atoms with Crippen LogP contribution in [0.1, 0.15) is 26.7 Å². The molecule has 0 aromatic heterocycles. The summed E-state index contributed by atoms with van der Waals surface area (Å²) in [7, 11) is 0. The van der Waals surface area contributed by atoms with E-state index in [0.717, 1.165) is 6.42 Å². The second-order valence-corrected chi connectivity index (χ2v) is 5.13. The van der Waals surface area contributed by atoms with Gasteiger partial charge in [-0.2, -0.15) is 0 Å². The molecular formula is C15H22FNO3. The molecule has 1 aromatic rings. The summed E-state index contributed by atoms with van der Waals surface area (Å²) in [4.78, 5) is 11.7. The fourth-order valence-corrected chi connectivity index (χ4v) is 1.87. The molecule has 0 aliphatic heterocycles. The van der Waals surface area contributed by atoms with Crippen LogP contribution in [0.3, 0.4) is 0 Å². The molecule has 5 heteroatoms. The van der Waals surface area contributed by atoms with Crippen molar-refractivity contribution in [3.63, 3.8) is 0 Å². The second kappa shape index (κ2) is 8.53. The summed E-state index contributed by atoms with van der Waals surface area (Å²) in [6.45, 7) is 4.16. The Hall–Kier alpha value is -1.62. The van der Waals surface area contributed by atoms with Gasteiger partial charge < -0.3 is 15.2 Å². The molecule has 0 saturated heterocycles. The maximum absolute atomic E-state index is 12.9. The zero-order chi connectivity index (χ0) is 15.0. The molecule has 0 heterocycles. The van der Waals surface area contributed by atoms with E-state index in [9.17, 15) is 14.3 Å². The third-order valence-corrected chi connectivity index (χ3v) is 2.74. The Balaban J connectivity index is 2.29. The first-order chi connectivity index (χ1) is 9.51. The molecule has 0 radical (unpaired) electrons. The molecule has 0 spiro atoms. The highest BCUT2D eigenvalue weighted by molar-refractivity contribution is 5.76. The SMILES string of the molecule is CC(C)CC(CO)NC(=O)CCOc1cccc(F)c1. The van der Waals surface area contributed by atoms with E-state index in [1.807, 2.05) is 13.8 Å². The van der Waals surface area contributed by atoms with Crippen molar-refractivity contribution in [2.45, 2.75) is 32.7 Å². The molecule has 1 atom stereocenters. The van der Waals surface area contributed by atoms with Crippen LogP contribution in [0, 0.1) is 11.7 Å². The van der Waals surface area contributed by atoms with Crippen LogP contribution in [0.2, 0.25) is 0 Å². The van der Waals surface area contributed by atoms with E-state index in [4.69, 9.17) is 4.74 Å². The van der Waals surface area contributed by atoms with Crippen LogP contribution >= 0.6 is 0 Å². The minimum Gasteiger partial charge on any atom is -0.493 e. The molecule has 0 saturated carbocycles. The summed E-state index contributed by atoms with van der Waals surface area (Å²) in [5.74, 6) is 0.250. The molecule has 1 unspecified atom stereocenters. The van der Waals surface area contributed by atoms with Gasteiger partial charge in [0, 0.05) is 6.07 Å². The van der Waals surface area contributed by atoms with Gasteiger partial charge in [-0.3, -0.25) is 4.79 Å². The number of halogens is 1. The normalized spacial score (nSPS) is 12.2. The molecule has 20 heavy (non-hydrogen) atoms. The fourth-order valence-electron chi connectivity index (χ4n) is 1.87. The lowest BCUT2D eigenvalue weighted by atomic mass is 10.0. The molecule has 0 aliphatic carbocycles. The van der Waals surface area contributed by atoms with Gasteiger partial charge in [0.15, 0.2) is 0 Å². The number of benzene rings is 1. The number of hydrogen-bond donors (Lipinski definition) is 2. The van der Waals surface area contributed by atoms with Gasteiger partial charge in [0.1, 0.15) is 11.6 Å². The standard InChI is InChI=1S/C15H22FNO3/c1-11(2)8-13(10-18)17-15(19)6-7-20-14-5-3-4-12(16)9-14/h3-5,9,11,13,18H,6-8,10H2,1-2H3,(H,17,19). The summed E-state index contributed by atoms with van der Waals surface area (Å²) >= 11 is 0. The van der Waals surface area contributed by atoms with Gasteiger partial charge in [-0.05, 0) is 24.5 Å². The number of carbonyl (C=O) groups excluding carboxylic acids is 1. The van der Waals surface area contributed by atoms with Crippen molar-refractivity contribution < 1.29 is 19.0 Å². The van der Waals surface area contributed by atoms with E-state index in [2.05, 4.69) is 5.32 Å². The Bertz CT molecular complexity index is 423. The van der Waals surface area contributed by atoms with Crippen LogP contribution < -0.4 is 10.1 Å². The second-order valence-electron chi connectivity index (χ2n) is 5.13. The van der Waals surface area contributed by atoms with Gasteiger partial charge in [0.2, 0.25) is 5.91 Å². The van der Waals surface area contributed by atoms with Crippen LogP contribution in [-0.2, 0) is 4.79 Å². The van der Waals surface area contributed by atoms with Gasteiger partial charge in [-0.1, -0.05) is 19.9 Å². The summed E-state index contributed by atoms with van der Waals surface area (Å²) in [5.41, 5.74) is 0. The largest absolute Gasteiger partial charge is 0.493 e. The van der Waals surface area contributed by atoms with Gasteiger partial charge in [-0.25, -0.2) is 4.39 Å². The van der Waals surface area contributed by atoms with Gasteiger partial charge in [0.05, 0.1) is 25.7 Å². The predicted molar refractivity (Wildman–Crippen MR) is 75.0 cm³/mol. The predicted octanol–water partition coefficient (Wildman–Crippen LogP) is 2.12. The van der Waals surface area contributed by atoms with Crippen molar-refractivity contribution in [1.29, 1.82) is 0 Å². The number of nitrogens with one attached hydrogen (secondary N) is 1. The molecule has 1 rings (SSSR count). The van der Waals surface area contributed by atoms with Gasteiger partial charge >= 0.3 is 0 Å². The van der Waals surface area contributed by atoms with Crippen LogP contribution in [-0.4, -0.2) is 30.3 Å². The van der Waals surface area contributed by atoms with Crippen molar-refractivity contribution in [1.82, 2.24) is 5.32 Å². The maximum atomic E-state index is 12.9. The first-order valence-electron chi connectivity index (χ1n) is 6.80. The lowest BCUT2D eigenvalue weighted by Gasteiger charge is -2.18. The van der Waals surface area contributed by atoms with Crippen molar-refractivity contribution in [2.24, 2.45) is 5.92 Å². The molecule has 0 bridgehead atoms. The van der Waals surface area contributed by atoms with Crippen molar-refractivity contribution in [3.8, 4) is 5.75 Å². The molecule has 0 fully saturated rings. The average molecular weight is 283 g/mol. The van der Waals surface area contributed by atoms with E-state index >= 15 is 0 Å². The molecule has 112 valence electrons. The van der Waals surface area contributed by atoms with E-state index in [1.165, 1.54) is 12.1 Å². The lowest BCUT2D eigenvalue weighted by Crippen LogP contribution is -2.38. The highest BCUT2D eigenvalue weighted by Crippen LogP contribution is 2.12. The number of hydrogen-bond acceptors (Lipinski definition) is 3. The zero-order valence-corrected chi connectivity index (χ0v) is 11.9. The Labute approximate surface area is 119 Å². The van der Waals surface area contributed by atoms with Crippen LogP contribution in [0.25, 0.3) is 0 Å². The summed E-state index contributed by atoms with van der Waals surface area (Å²) < 4.78 is 18.2. The molecule has 4 nitrogen and oxygen atoms in total. The van der Waals surface area contributed by atoms with E-state index in [1.54, 1.807) is 12.1 Å². The highest BCUT2D eigenvalue weighted by Gasteiger charge is 2.12. The van der Waals surface area contributed by atoms with Gasteiger partial charge in [0.25, 0.3) is 0 Å². The minimum atomic E-state index is -0.371. The first kappa shape index (κ1) is 16.4. The van der Waals surface area contributed by atoms with E-state index < -0.39 is 0 Å². The fraction of sp³-hybridized carbons (Fsp3) is 0.533. The molecule has 1 aromatic carbocycles. The Kier molecular flexibility index (Phi) is 7.01. The first-order valence-corrected chi connectivity index (χ1v) is 6.80. The lowest BCUT2D eigenvalue weighted by molar-refractivity contribution is -0.122. The molecule has 1 amide bonds. The molecule has 2 N–H and O–H groups in total. The number of rotatable bonds is 8. The van der Waals surface area contributed by atoms with Crippen LogP contribution in [0.15, 0.2) is 24.3 Å². The maximum Gasteiger partial charge on any atom is 0.223 e. The molecular weight excluding hydrogens is 261 g/mol. The summed E-state index contributed by atoms with van der Waals surface area (Å²) in [6, 6.07) is 5.56. The monoisotopic (exact) mass is 283 g/mol. The minimum absolute atomic E-state index is 0.0747. The van der Waals surface area contributed by atoms with Gasteiger partial charge in [-0.15, -0.1) is 0 Å². The van der Waals surface area contributed by atoms with Crippen LogP contribution in [0.5, 0.6) is 5.75 Å². The summed E-state index contributed by atoms with van der Waals surface area (Å²) in [5, 5.41) is 11.9. The molecule has 0 aliphatic rings. The number of aliphatic hydroxyl groups is 1.